The minimum Gasteiger partial charge on any atom is -0.298 e. The lowest BCUT2D eigenvalue weighted by molar-refractivity contribution is -0.137. The van der Waals surface area contributed by atoms with Gasteiger partial charge in [-0.05, 0) is 12.1 Å². The number of hydrogen-bond donors (Lipinski definition) is 0. The van der Waals surface area contributed by atoms with E-state index >= 15 is 0 Å². The first-order valence-electron chi connectivity index (χ1n) is 3.16. The van der Waals surface area contributed by atoms with Crippen molar-refractivity contribution in [2.75, 3.05) is 0 Å². The fourth-order valence-electron chi connectivity index (χ4n) is 0.788. The van der Waals surface area contributed by atoms with Gasteiger partial charge in [0, 0.05) is 5.56 Å². The number of alkyl halides is 3. The van der Waals surface area contributed by atoms with E-state index in [0.717, 1.165) is 12.1 Å². The van der Waals surface area contributed by atoms with E-state index in [1.807, 2.05) is 0 Å². The summed E-state index contributed by atoms with van der Waals surface area (Å²) in [5.41, 5.74) is -0.767. The summed E-state index contributed by atoms with van der Waals surface area (Å²) >= 11 is 0. The lowest BCUT2D eigenvalue weighted by Crippen LogP contribution is -2.04. The maximum absolute atomic E-state index is 12.0. The number of benzene rings is 1. The minimum atomic E-state index is -4.38. The molecular formula is C8H6ClF3O. The van der Waals surface area contributed by atoms with Crippen molar-refractivity contribution < 1.29 is 18.0 Å². The second-order valence-corrected chi connectivity index (χ2v) is 2.24. The first-order valence-corrected chi connectivity index (χ1v) is 3.16. The van der Waals surface area contributed by atoms with Gasteiger partial charge in [-0.3, -0.25) is 4.79 Å². The van der Waals surface area contributed by atoms with Crippen LogP contribution in [0.2, 0.25) is 0 Å². The Morgan fingerprint density at radius 3 is 2.31 bits per heavy atom. The molecule has 1 rings (SSSR count). The summed E-state index contributed by atoms with van der Waals surface area (Å²) in [5.74, 6) is 0. The van der Waals surface area contributed by atoms with Crippen LogP contribution in [0.25, 0.3) is 0 Å². The Balaban J connectivity index is 0.00000144. The van der Waals surface area contributed by atoms with Crippen molar-refractivity contribution in [2.45, 2.75) is 6.18 Å². The van der Waals surface area contributed by atoms with E-state index in [2.05, 4.69) is 0 Å². The molecule has 0 aromatic heterocycles. The Hall–Kier alpha value is -1.03. The van der Waals surface area contributed by atoms with Crippen molar-refractivity contribution in [3.05, 3.63) is 35.4 Å². The zero-order valence-corrected chi connectivity index (χ0v) is 7.15. The van der Waals surface area contributed by atoms with Gasteiger partial charge in [0.2, 0.25) is 0 Å². The molecule has 0 aliphatic carbocycles. The lowest BCUT2D eigenvalue weighted by Gasteiger charge is -2.05. The number of carbonyl (C=O) groups excluding carboxylic acids is 1. The summed E-state index contributed by atoms with van der Waals surface area (Å²) in [6.45, 7) is 0. The molecule has 0 saturated carbocycles. The Morgan fingerprint density at radius 1 is 1.23 bits per heavy atom. The standard InChI is InChI=1S/C8H5F3O.ClH/c9-8(10,11)7-3-1-2-6(4-7)5-12;/h1-5H;1H. The van der Waals surface area contributed by atoms with Gasteiger partial charge in [-0.25, -0.2) is 0 Å². The van der Waals surface area contributed by atoms with Gasteiger partial charge in [-0.1, -0.05) is 12.1 Å². The summed E-state index contributed by atoms with van der Waals surface area (Å²) in [7, 11) is 0. The Bertz CT molecular complexity index is 296. The summed E-state index contributed by atoms with van der Waals surface area (Å²) < 4.78 is 36.0. The molecule has 1 nitrogen and oxygen atoms in total. The number of halogens is 4. The molecule has 1 aromatic rings. The number of hydrogen-bond acceptors (Lipinski definition) is 1. The highest BCUT2D eigenvalue weighted by Gasteiger charge is 2.30. The van der Waals surface area contributed by atoms with Crippen LogP contribution in [-0.4, -0.2) is 6.29 Å². The molecule has 72 valence electrons. The molecule has 1 aromatic carbocycles. The van der Waals surface area contributed by atoms with E-state index in [-0.39, 0.29) is 18.0 Å². The Morgan fingerprint density at radius 2 is 1.85 bits per heavy atom. The average Bonchev–Trinajstić information content (AvgIpc) is 2.03. The van der Waals surface area contributed by atoms with Gasteiger partial charge in [0.1, 0.15) is 6.29 Å². The largest absolute Gasteiger partial charge is 0.416 e. The van der Waals surface area contributed by atoms with E-state index in [9.17, 15) is 18.0 Å². The quantitative estimate of drug-likeness (QED) is 0.652. The van der Waals surface area contributed by atoms with Gasteiger partial charge in [0.25, 0.3) is 0 Å². The van der Waals surface area contributed by atoms with Crippen LogP contribution in [0, 0.1) is 0 Å². The summed E-state index contributed by atoms with van der Waals surface area (Å²) in [4.78, 5) is 10.1. The van der Waals surface area contributed by atoms with E-state index in [0.29, 0.717) is 6.29 Å². The molecule has 0 atom stereocenters. The number of rotatable bonds is 1. The minimum absolute atomic E-state index is 0. The van der Waals surface area contributed by atoms with Crippen molar-refractivity contribution in [1.82, 2.24) is 0 Å². The fourth-order valence-corrected chi connectivity index (χ4v) is 0.788. The predicted molar refractivity (Wildman–Crippen MR) is 44.1 cm³/mol. The molecule has 0 N–H and O–H groups in total. The van der Waals surface area contributed by atoms with Crippen LogP contribution in [-0.2, 0) is 6.18 Å². The number of carbonyl (C=O) groups is 1. The topological polar surface area (TPSA) is 17.1 Å². The van der Waals surface area contributed by atoms with Crippen LogP contribution in [0.4, 0.5) is 13.2 Å². The molecule has 5 heteroatoms. The third-order valence-electron chi connectivity index (χ3n) is 1.35. The highest BCUT2D eigenvalue weighted by Crippen LogP contribution is 2.29. The highest BCUT2D eigenvalue weighted by atomic mass is 35.5. The molecule has 0 unspecified atom stereocenters. The third-order valence-corrected chi connectivity index (χ3v) is 1.35. The molecule has 0 radical (unpaired) electrons. The van der Waals surface area contributed by atoms with E-state index in [4.69, 9.17) is 0 Å². The van der Waals surface area contributed by atoms with Crippen LogP contribution in [0.5, 0.6) is 0 Å². The normalized spacial score (nSPS) is 10.4. The summed E-state index contributed by atoms with van der Waals surface area (Å²) in [5, 5.41) is 0. The van der Waals surface area contributed by atoms with E-state index < -0.39 is 11.7 Å². The van der Waals surface area contributed by atoms with Crippen LogP contribution in [0.1, 0.15) is 15.9 Å². The van der Waals surface area contributed by atoms with Crippen molar-refractivity contribution in [3.63, 3.8) is 0 Å². The van der Waals surface area contributed by atoms with E-state index in [1.165, 1.54) is 12.1 Å². The molecular weight excluding hydrogens is 205 g/mol. The van der Waals surface area contributed by atoms with Crippen molar-refractivity contribution >= 4 is 18.7 Å². The molecule has 13 heavy (non-hydrogen) atoms. The molecule has 0 aliphatic rings. The smallest absolute Gasteiger partial charge is 0.298 e. The first-order chi connectivity index (χ1) is 5.54. The van der Waals surface area contributed by atoms with Gasteiger partial charge < -0.3 is 0 Å². The zero-order valence-electron chi connectivity index (χ0n) is 6.34. The van der Waals surface area contributed by atoms with Crippen LogP contribution in [0.3, 0.4) is 0 Å². The van der Waals surface area contributed by atoms with Crippen molar-refractivity contribution in [3.8, 4) is 0 Å². The maximum atomic E-state index is 12.0. The summed E-state index contributed by atoms with van der Waals surface area (Å²) in [6.07, 6.45) is -3.99. The molecule has 0 spiro atoms. The molecule has 0 heterocycles. The molecule has 0 aliphatic heterocycles. The Kier molecular flexibility index (Phi) is 3.94. The van der Waals surface area contributed by atoms with Crippen LogP contribution < -0.4 is 0 Å². The predicted octanol–water partition coefficient (Wildman–Crippen LogP) is 2.94. The van der Waals surface area contributed by atoms with Gasteiger partial charge in [-0.15, -0.1) is 12.4 Å². The molecule has 0 bridgehead atoms. The average molecular weight is 211 g/mol. The monoisotopic (exact) mass is 210 g/mol. The third kappa shape index (κ3) is 3.06. The fraction of sp³-hybridized carbons (Fsp3) is 0.125. The van der Waals surface area contributed by atoms with Crippen molar-refractivity contribution in [2.24, 2.45) is 0 Å². The van der Waals surface area contributed by atoms with Gasteiger partial charge in [0.15, 0.2) is 0 Å². The van der Waals surface area contributed by atoms with Crippen molar-refractivity contribution in [1.29, 1.82) is 0 Å². The molecule has 0 fully saturated rings. The van der Waals surface area contributed by atoms with Gasteiger partial charge in [-0.2, -0.15) is 13.2 Å². The summed E-state index contributed by atoms with van der Waals surface area (Å²) in [6, 6.07) is 4.26. The van der Waals surface area contributed by atoms with E-state index in [1.54, 1.807) is 0 Å². The first kappa shape index (κ1) is 12.0. The van der Waals surface area contributed by atoms with Gasteiger partial charge >= 0.3 is 6.18 Å². The number of aldehydes is 1. The second-order valence-electron chi connectivity index (χ2n) is 2.24. The van der Waals surface area contributed by atoms with Gasteiger partial charge in [0.05, 0.1) is 5.56 Å². The maximum Gasteiger partial charge on any atom is 0.416 e. The molecule has 0 saturated heterocycles. The highest BCUT2D eigenvalue weighted by molar-refractivity contribution is 5.85. The Labute approximate surface area is 79.0 Å². The van der Waals surface area contributed by atoms with Crippen LogP contribution >= 0.6 is 12.4 Å². The molecule has 0 amide bonds. The SMILES string of the molecule is Cl.O=Cc1cccc(C(F)(F)F)c1. The lowest BCUT2D eigenvalue weighted by atomic mass is 10.1. The second kappa shape index (κ2) is 4.28. The zero-order chi connectivity index (χ0) is 9.19. The van der Waals surface area contributed by atoms with Crippen LogP contribution in [0.15, 0.2) is 24.3 Å².